The molecule has 0 bridgehead atoms. The highest BCUT2D eigenvalue weighted by atomic mass is 35.5. The first-order valence-electron chi connectivity index (χ1n) is 11.6. The summed E-state index contributed by atoms with van der Waals surface area (Å²) < 4.78 is 0. The van der Waals surface area contributed by atoms with E-state index in [1.807, 2.05) is 24.3 Å². The van der Waals surface area contributed by atoms with Crippen LogP contribution >= 0.6 is 22.9 Å². The molecule has 2 fully saturated rings. The van der Waals surface area contributed by atoms with Gasteiger partial charge in [-0.25, -0.2) is 4.98 Å². The maximum absolute atomic E-state index is 12.9. The Kier molecular flexibility index (Phi) is 6.52. The van der Waals surface area contributed by atoms with Gasteiger partial charge in [0.1, 0.15) is 9.98 Å². The molecule has 1 saturated carbocycles. The van der Waals surface area contributed by atoms with Crippen molar-refractivity contribution >= 4 is 56.6 Å². The van der Waals surface area contributed by atoms with Crippen LogP contribution in [0.15, 0.2) is 42.5 Å². The molecule has 2 aromatic heterocycles. The van der Waals surface area contributed by atoms with E-state index in [0.29, 0.717) is 22.0 Å². The number of fused-ring (bicyclic) bond motifs is 1. The molecule has 1 aliphatic heterocycles. The van der Waals surface area contributed by atoms with Gasteiger partial charge < -0.3 is 15.5 Å². The van der Waals surface area contributed by atoms with Crippen molar-refractivity contribution in [3.8, 4) is 0 Å². The van der Waals surface area contributed by atoms with Crippen LogP contribution in [0, 0.1) is 0 Å². The van der Waals surface area contributed by atoms with Gasteiger partial charge in [-0.15, -0.1) is 11.3 Å². The molecule has 2 atom stereocenters. The van der Waals surface area contributed by atoms with Crippen molar-refractivity contribution < 1.29 is 14.4 Å². The lowest BCUT2D eigenvalue weighted by atomic mass is 10.1. The third kappa shape index (κ3) is 4.79. The normalized spacial score (nSPS) is 20.5. The second-order valence-electron chi connectivity index (χ2n) is 8.78. The summed E-state index contributed by atoms with van der Waals surface area (Å²) in [5.74, 6) is -0.213. The predicted octanol–water partition coefficient (Wildman–Crippen LogP) is 4.55. The Morgan fingerprint density at radius 1 is 0.971 bits per heavy atom. The highest BCUT2D eigenvalue weighted by Gasteiger charge is 2.31. The standard InChI is InChI=1S/C25H25ClN4O3S/c26-21-12-9-16-14-20(34-25(16)29-21)24(33)28-19-5-3-4-18(19)27-23(32)15-7-10-17(11-8-15)30-13-2-1-6-22(30)31/h7-12,14,18-19H,1-6,13H2,(H,27,32)(H,28,33). The first-order chi connectivity index (χ1) is 16.5. The fourth-order valence-corrected chi connectivity index (χ4v) is 5.81. The summed E-state index contributed by atoms with van der Waals surface area (Å²) >= 11 is 7.26. The van der Waals surface area contributed by atoms with E-state index < -0.39 is 0 Å². The van der Waals surface area contributed by atoms with E-state index in [1.165, 1.54) is 11.3 Å². The molecule has 3 heterocycles. The molecule has 1 aromatic carbocycles. The minimum Gasteiger partial charge on any atom is -0.347 e. The molecule has 9 heteroatoms. The zero-order valence-corrected chi connectivity index (χ0v) is 20.1. The van der Waals surface area contributed by atoms with E-state index in [4.69, 9.17) is 11.6 Å². The third-order valence-electron chi connectivity index (χ3n) is 6.49. The van der Waals surface area contributed by atoms with E-state index in [-0.39, 0.29) is 29.8 Å². The van der Waals surface area contributed by atoms with Gasteiger partial charge in [0.2, 0.25) is 5.91 Å². The summed E-state index contributed by atoms with van der Waals surface area (Å²) in [5, 5.41) is 7.45. The van der Waals surface area contributed by atoms with Gasteiger partial charge in [0.15, 0.2) is 0 Å². The van der Waals surface area contributed by atoms with E-state index in [0.717, 1.165) is 54.6 Å². The van der Waals surface area contributed by atoms with Crippen LogP contribution in [0.4, 0.5) is 5.69 Å². The Morgan fingerprint density at radius 3 is 2.44 bits per heavy atom. The second kappa shape index (κ2) is 9.72. The molecule has 1 aliphatic carbocycles. The van der Waals surface area contributed by atoms with E-state index >= 15 is 0 Å². The van der Waals surface area contributed by atoms with Crippen LogP contribution in [0.1, 0.15) is 58.6 Å². The van der Waals surface area contributed by atoms with Crippen molar-refractivity contribution in [1.29, 1.82) is 0 Å². The number of rotatable bonds is 5. The van der Waals surface area contributed by atoms with Crippen molar-refractivity contribution in [2.24, 2.45) is 0 Å². The highest BCUT2D eigenvalue weighted by Crippen LogP contribution is 2.27. The first-order valence-corrected chi connectivity index (χ1v) is 12.8. The van der Waals surface area contributed by atoms with Gasteiger partial charge in [-0.3, -0.25) is 14.4 Å². The van der Waals surface area contributed by atoms with Crippen molar-refractivity contribution in [3.63, 3.8) is 0 Å². The number of thiophene rings is 1. The SMILES string of the molecule is O=C(NC1CCCC1NC(=O)c1cc2ccc(Cl)nc2s1)c1ccc(N2CCCCC2=O)cc1. The number of nitrogens with zero attached hydrogens (tertiary/aromatic N) is 2. The second-order valence-corrected chi connectivity index (χ2v) is 10.2. The molecule has 0 spiro atoms. The third-order valence-corrected chi connectivity index (χ3v) is 7.74. The van der Waals surface area contributed by atoms with Crippen LogP contribution in [0.2, 0.25) is 5.15 Å². The molecular formula is C25H25ClN4O3S. The molecule has 176 valence electrons. The minimum atomic E-state index is -0.177. The molecule has 2 unspecified atom stereocenters. The Hall–Kier alpha value is -2.97. The molecule has 34 heavy (non-hydrogen) atoms. The summed E-state index contributed by atoms with van der Waals surface area (Å²) in [6.45, 7) is 0.719. The van der Waals surface area contributed by atoms with Crippen molar-refractivity contribution in [2.75, 3.05) is 11.4 Å². The smallest absolute Gasteiger partial charge is 0.261 e. The van der Waals surface area contributed by atoms with Gasteiger partial charge in [-0.05, 0) is 74.6 Å². The zero-order valence-electron chi connectivity index (χ0n) is 18.6. The van der Waals surface area contributed by atoms with Crippen LogP contribution in [0.5, 0.6) is 0 Å². The van der Waals surface area contributed by atoms with Crippen molar-refractivity contribution in [1.82, 2.24) is 15.6 Å². The Morgan fingerprint density at radius 2 is 1.71 bits per heavy atom. The van der Waals surface area contributed by atoms with E-state index in [1.54, 1.807) is 23.1 Å². The number of anilines is 1. The van der Waals surface area contributed by atoms with E-state index in [9.17, 15) is 14.4 Å². The van der Waals surface area contributed by atoms with Crippen molar-refractivity contribution in [2.45, 2.75) is 50.6 Å². The maximum Gasteiger partial charge on any atom is 0.261 e. The number of hydrogen-bond donors (Lipinski definition) is 2. The molecule has 1 saturated heterocycles. The van der Waals surface area contributed by atoms with Crippen LogP contribution < -0.4 is 15.5 Å². The van der Waals surface area contributed by atoms with E-state index in [2.05, 4.69) is 15.6 Å². The Labute approximate surface area is 206 Å². The largest absolute Gasteiger partial charge is 0.347 e. The summed E-state index contributed by atoms with van der Waals surface area (Å²) in [4.78, 5) is 45.2. The number of carbonyl (C=O) groups is 3. The van der Waals surface area contributed by atoms with Gasteiger partial charge in [0, 0.05) is 41.7 Å². The van der Waals surface area contributed by atoms with Crippen LogP contribution in [-0.4, -0.2) is 41.3 Å². The fraction of sp³-hybridized carbons (Fsp3) is 0.360. The number of amides is 3. The lowest BCUT2D eigenvalue weighted by molar-refractivity contribution is -0.119. The van der Waals surface area contributed by atoms with Gasteiger partial charge >= 0.3 is 0 Å². The number of halogens is 1. The lowest BCUT2D eigenvalue weighted by Gasteiger charge is -2.27. The average molecular weight is 497 g/mol. The molecular weight excluding hydrogens is 472 g/mol. The Bertz CT molecular complexity index is 1240. The molecule has 5 rings (SSSR count). The summed E-state index contributed by atoms with van der Waals surface area (Å²) in [7, 11) is 0. The molecule has 2 aliphatic rings. The molecule has 3 aromatic rings. The van der Waals surface area contributed by atoms with Gasteiger partial charge in [0.25, 0.3) is 11.8 Å². The number of pyridine rings is 1. The van der Waals surface area contributed by atoms with Crippen molar-refractivity contribution in [3.05, 3.63) is 58.1 Å². The summed E-state index contributed by atoms with van der Waals surface area (Å²) in [6.07, 6.45) is 5.04. The highest BCUT2D eigenvalue weighted by molar-refractivity contribution is 7.20. The number of piperidine rings is 1. The monoisotopic (exact) mass is 496 g/mol. The Balaban J connectivity index is 1.22. The average Bonchev–Trinajstić information content (AvgIpc) is 3.46. The number of hydrogen-bond acceptors (Lipinski definition) is 5. The van der Waals surface area contributed by atoms with Gasteiger partial charge in [-0.1, -0.05) is 11.6 Å². The number of nitrogens with one attached hydrogen (secondary N) is 2. The van der Waals surface area contributed by atoms with Gasteiger partial charge in [0.05, 0.1) is 4.88 Å². The maximum atomic E-state index is 12.9. The van der Waals surface area contributed by atoms with Crippen LogP contribution in [0.25, 0.3) is 10.2 Å². The molecule has 7 nitrogen and oxygen atoms in total. The van der Waals surface area contributed by atoms with Gasteiger partial charge in [-0.2, -0.15) is 0 Å². The first kappa shape index (κ1) is 22.8. The summed E-state index contributed by atoms with van der Waals surface area (Å²) in [5.41, 5.74) is 1.36. The number of aromatic nitrogens is 1. The quantitative estimate of drug-likeness (QED) is 0.507. The predicted molar refractivity (Wildman–Crippen MR) is 134 cm³/mol. The molecule has 0 radical (unpaired) electrons. The molecule has 2 N–H and O–H groups in total. The zero-order chi connectivity index (χ0) is 23.7. The fourth-order valence-electron chi connectivity index (χ4n) is 4.68. The molecule has 3 amide bonds. The number of benzene rings is 1. The van der Waals surface area contributed by atoms with Crippen LogP contribution in [0.3, 0.4) is 0 Å². The topological polar surface area (TPSA) is 91.4 Å². The van der Waals surface area contributed by atoms with Crippen LogP contribution in [-0.2, 0) is 4.79 Å². The lowest BCUT2D eigenvalue weighted by Crippen LogP contribution is -2.48. The minimum absolute atomic E-state index is 0.130. The number of carbonyl (C=O) groups excluding carboxylic acids is 3. The summed E-state index contributed by atoms with van der Waals surface area (Å²) in [6, 6.07) is 12.3.